The number of amidine groups is 1. The zero-order valence-corrected chi connectivity index (χ0v) is 24.8. The number of rotatable bonds is 8. The molecule has 0 aliphatic carbocycles. The number of esters is 2. The highest BCUT2D eigenvalue weighted by molar-refractivity contribution is 8.93. The molecule has 2 heterocycles. The highest BCUT2D eigenvalue weighted by atomic mass is 79.9. The zero-order chi connectivity index (χ0) is 28.1. The van der Waals surface area contributed by atoms with Crippen molar-refractivity contribution in [2.75, 3.05) is 25.6 Å². The highest BCUT2D eigenvalue weighted by Gasteiger charge is 2.42. The fourth-order valence-electron chi connectivity index (χ4n) is 4.08. The highest BCUT2D eigenvalue weighted by Crippen LogP contribution is 2.42. The van der Waals surface area contributed by atoms with E-state index in [9.17, 15) is 19.2 Å². The fourth-order valence-corrected chi connectivity index (χ4v) is 5.05. The monoisotopic (exact) mass is 629 g/mol. The van der Waals surface area contributed by atoms with Crippen molar-refractivity contribution in [1.82, 2.24) is 4.90 Å². The number of hydrogen-bond acceptors (Lipinski definition) is 9. The Bertz CT molecular complexity index is 1400. The van der Waals surface area contributed by atoms with Crippen LogP contribution in [0.25, 0.3) is 0 Å². The van der Waals surface area contributed by atoms with Gasteiger partial charge in [-0.25, -0.2) is 14.6 Å². The van der Waals surface area contributed by atoms with Gasteiger partial charge in [-0.2, -0.15) is 0 Å². The van der Waals surface area contributed by atoms with Crippen LogP contribution in [0.1, 0.15) is 42.7 Å². The predicted octanol–water partition coefficient (Wildman–Crippen LogP) is 4.80. The number of nitrogens with zero attached hydrogens (tertiary/aromatic N) is 2. The molecule has 2 aromatic rings. The van der Waals surface area contributed by atoms with Crippen molar-refractivity contribution in [2.45, 2.75) is 26.8 Å². The van der Waals surface area contributed by atoms with E-state index < -0.39 is 29.8 Å². The molecule has 2 aliphatic rings. The van der Waals surface area contributed by atoms with Crippen LogP contribution in [-0.2, 0) is 23.9 Å². The minimum atomic E-state index is -0.807. The normalized spacial score (nSPS) is 16.1. The SMILES string of the molecule is Br.CCOC(=O)C1=C(C)N=C2SC(C(=O)Nc3ccc(C(=O)OCC)cc3)=CC(=O)N2C1c1ccc(OC)cc1. The third-order valence-corrected chi connectivity index (χ3v) is 6.88. The van der Waals surface area contributed by atoms with Crippen LogP contribution in [0, 0.1) is 0 Å². The third-order valence-electron chi connectivity index (χ3n) is 5.89. The van der Waals surface area contributed by atoms with Gasteiger partial charge in [0.15, 0.2) is 5.17 Å². The van der Waals surface area contributed by atoms with Crippen LogP contribution in [0.5, 0.6) is 5.75 Å². The van der Waals surface area contributed by atoms with Gasteiger partial charge in [0.2, 0.25) is 0 Å². The molecular weight excluding hydrogens is 602 g/mol. The number of carbonyl (C=O) groups is 4. The number of benzene rings is 2. The van der Waals surface area contributed by atoms with Crippen LogP contribution in [0.15, 0.2) is 75.8 Å². The van der Waals surface area contributed by atoms with E-state index in [-0.39, 0.29) is 45.8 Å². The number of nitrogens with one attached hydrogen (secondary N) is 1. The average Bonchev–Trinajstić information content (AvgIpc) is 2.92. The first-order chi connectivity index (χ1) is 18.8. The number of aliphatic imine (C=N–C) groups is 1. The van der Waals surface area contributed by atoms with Crippen molar-refractivity contribution in [2.24, 2.45) is 4.99 Å². The molecule has 0 bridgehead atoms. The third kappa shape index (κ3) is 6.45. The molecule has 210 valence electrons. The molecule has 0 radical (unpaired) electrons. The molecule has 2 amide bonds. The van der Waals surface area contributed by atoms with Crippen molar-refractivity contribution in [3.8, 4) is 5.75 Å². The van der Waals surface area contributed by atoms with Crippen molar-refractivity contribution in [3.63, 3.8) is 0 Å². The largest absolute Gasteiger partial charge is 0.497 e. The topological polar surface area (TPSA) is 124 Å². The summed E-state index contributed by atoms with van der Waals surface area (Å²) in [5, 5.41) is 2.99. The quantitative estimate of drug-likeness (QED) is 0.413. The van der Waals surface area contributed by atoms with E-state index in [4.69, 9.17) is 14.2 Å². The van der Waals surface area contributed by atoms with Crippen LogP contribution in [0.2, 0.25) is 0 Å². The van der Waals surface area contributed by atoms with Gasteiger partial charge in [-0.3, -0.25) is 14.5 Å². The molecule has 2 aromatic carbocycles. The lowest BCUT2D eigenvalue weighted by molar-refractivity contribution is -0.139. The number of methoxy groups -OCH3 is 1. The van der Waals surface area contributed by atoms with E-state index in [0.717, 1.165) is 11.8 Å². The molecular formula is C28H28BrN3O7S. The Morgan fingerprint density at radius 3 is 2.20 bits per heavy atom. The van der Waals surface area contributed by atoms with Crippen molar-refractivity contribution >= 4 is 63.4 Å². The Balaban J connectivity index is 0.00000441. The average molecular weight is 631 g/mol. The lowest BCUT2D eigenvalue weighted by Gasteiger charge is -2.38. The van der Waals surface area contributed by atoms with Crippen molar-refractivity contribution < 1.29 is 33.4 Å². The van der Waals surface area contributed by atoms with Crippen molar-refractivity contribution in [3.05, 3.63) is 81.9 Å². The zero-order valence-electron chi connectivity index (χ0n) is 22.3. The Hall–Kier alpha value is -3.90. The molecule has 0 spiro atoms. The number of ether oxygens (including phenoxy) is 3. The van der Waals surface area contributed by atoms with Crippen LogP contribution < -0.4 is 10.1 Å². The molecule has 2 aliphatic heterocycles. The van der Waals surface area contributed by atoms with Gasteiger partial charge in [0, 0.05) is 11.8 Å². The number of amides is 2. The number of allylic oxidation sites excluding steroid dienone is 1. The van der Waals surface area contributed by atoms with Crippen LogP contribution in [-0.4, -0.2) is 54.1 Å². The fraction of sp³-hybridized carbons (Fsp3) is 0.250. The molecule has 12 heteroatoms. The molecule has 0 fully saturated rings. The number of fused-ring (bicyclic) bond motifs is 1. The van der Waals surface area contributed by atoms with E-state index in [1.54, 1.807) is 76.4 Å². The summed E-state index contributed by atoms with van der Waals surface area (Å²) in [6, 6.07) is 12.4. The van der Waals surface area contributed by atoms with Gasteiger partial charge < -0.3 is 19.5 Å². The van der Waals surface area contributed by atoms with E-state index in [1.807, 2.05) is 0 Å². The minimum Gasteiger partial charge on any atom is -0.497 e. The summed E-state index contributed by atoms with van der Waals surface area (Å²) in [5.41, 5.74) is 2.07. The van der Waals surface area contributed by atoms with Gasteiger partial charge >= 0.3 is 11.9 Å². The van der Waals surface area contributed by atoms with Crippen LogP contribution >= 0.6 is 28.7 Å². The van der Waals surface area contributed by atoms with Crippen molar-refractivity contribution in [1.29, 1.82) is 0 Å². The standard InChI is InChI=1S/C28H27N3O7S.BrH/c1-5-37-26(34)18-7-11-19(12-8-18)30-25(33)21-15-22(32)31-24(17-9-13-20(36-4)14-10-17)23(27(35)38-6-2)16(3)29-28(31)39-21;/h7-15,24H,5-6H2,1-4H3,(H,30,33);1H. The molecule has 10 nitrogen and oxygen atoms in total. The molecule has 0 saturated heterocycles. The summed E-state index contributed by atoms with van der Waals surface area (Å²) < 4.78 is 15.5. The van der Waals surface area contributed by atoms with Gasteiger partial charge in [0.05, 0.1) is 48.1 Å². The molecule has 4 rings (SSSR count). The number of carbonyl (C=O) groups excluding carboxylic acids is 4. The van der Waals surface area contributed by atoms with Gasteiger partial charge in [0.1, 0.15) is 5.75 Å². The summed E-state index contributed by atoms with van der Waals surface area (Å²) in [6.45, 7) is 5.51. The minimum absolute atomic E-state index is 0. The van der Waals surface area contributed by atoms with E-state index in [0.29, 0.717) is 28.3 Å². The lowest BCUT2D eigenvalue weighted by Crippen LogP contribution is -2.45. The second kappa shape index (κ2) is 13.4. The molecule has 0 saturated carbocycles. The first-order valence-corrected chi connectivity index (χ1v) is 13.0. The molecule has 0 aromatic heterocycles. The summed E-state index contributed by atoms with van der Waals surface area (Å²) in [6.07, 6.45) is 1.21. The number of anilines is 1. The van der Waals surface area contributed by atoms with Gasteiger partial charge in [-0.05, 0) is 74.5 Å². The van der Waals surface area contributed by atoms with Gasteiger partial charge in [-0.15, -0.1) is 17.0 Å². The van der Waals surface area contributed by atoms with Crippen LogP contribution in [0.3, 0.4) is 0 Å². The Labute approximate surface area is 246 Å². The van der Waals surface area contributed by atoms with Gasteiger partial charge in [-0.1, -0.05) is 12.1 Å². The molecule has 40 heavy (non-hydrogen) atoms. The Kier molecular flexibility index (Phi) is 10.3. The molecule has 1 N–H and O–H groups in total. The second-order valence-electron chi connectivity index (χ2n) is 8.36. The first-order valence-electron chi connectivity index (χ1n) is 12.2. The van der Waals surface area contributed by atoms with Gasteiger partial charge in [0.25, 0.3) is 11.8 Å². The predicted molar refractivity (Wildman–Crippen MR) is 156 cm³/mol. The number of thioether (sulfide) groups is 1. The smallest absolute Gasteiger partial charge is 0.338 e. The maximum absolute atomic E-state index is 13.4. The second-order valence-corrected chi connectivity index (χ2v) is 9.37. The van der Waals surface area contributed by atoms with E-state index in [1.165, 1.54) is 11.0 Å². The summed E-state index contributed by atoms with van der Waals surface area (Å²) in [5.74, 6) is -1.44. The molecule has 1 atom stereocenters. The van der Waals surface area contributed by atoms with Crippen LogP contribution in [0.4, 0.5) is 5.69 Å². The van der Waals surface area contributed by atoms with E-state index in [2.05, 4.69) is 10.3 Å². The first kappa shape index (κ1) is 30.6. The maximum Gasteiger partial charge on any atom is 0.338 e. The number of hydrogen-bond donors (Lipinski definition) is 1. The Morgan fingerprint density at radius 2 is 1.60 bits per heavy atom. The maximum atomic E-state index is 13.4. The summed E-state index contributed by atoms with van der Waals surface area (Å²) >= 11 is 1.02. The van der Waals surface area contributed by atoms with E-state index >= 15 is 0 Å². The molecule has 1 unspecified atom stereocenters. The number of halogens is 1. The Morgan fingerprint density at radius 1 is 0.975 bits per heavy atom. The lowest BCUT2D eigenvalue weighted by atomic mass is 9.94. The summed E-state index contributed by atoms with van der Waals surface area (Å²) in [4.78, 5) is 57.3. The summed E-state index contributed by atoms with van der Waals surface area (Å²) in [7, 11) is 1.55.